The first-order valence-electron chi connectivity index (χ1n) is 9.32. The van der Waals surface area contributed by atoms with Crippen molar-refractivity contribution >= 4 is 15.8 Å². The summed E-state index contributed by atoms with van der Waals surface area (Å²) in [6, 6.07) is 12.7. The van der Waals surface area contributed by atoms with Crippen LogP contribution in [0, 0.1) is 12.8 Å². The Labute approximate surface area is 160 Å². The second kappa shape index (κ2) is 7.09. The van der Waals surface area contributed by atoms with Gasteiger partial charge in [-0.15, -0.1) is 0 Å². The Bertz CT molecular complexity index is 958. The van der Waals surface area contributed by atoms with Gasteiger partial charge in [-0.25, -0.2) is 8.42 Å². The Morgan fingerprint density at radius 3 is 2.48 bits per heavy atom. The first-order chi connectivity index (χ1) is 12.9. The van der Waals surface area contributed by atoms with Gasteiger partial charge in [-0.2, -0.15) is 4.31 Å². The molecular formula is C21H23NO4S. The van der Waals surface area contributed by atoms with Crippen LogP contribution in [0.2, 0.25) is 0 Å². The van der Waals surface area contributed by atoms with E-state index in [4.69, 9.17) is 4.74 Å². The molecule has 2 aromatic rings. The van der Waals surface area contributed by atoms with E-state index >= 15 is 0 Å². The molecule has 2 aromatic carbocycles. The number of piperidine rings is 1. The van der Waals surface area contributed by atoms with Crippen molar-refractivity contribution in [1.82, 2.24) is 4.31 Å². The van der Waals surface area contributed by atoms with Crippen LogP contribution in [0.25, 0.3) is 0 Å². The van der Waals surface area contributed by atoms with Crippen LogP contribution in [0.5, 0.6) is 5.75 Å². The molecule has 0 atom stereocenters. The number of ketones is 1. The number of carbonyl (C=O) groups excluding carboxylic acids is 1. The molecule has 4 rings (SSSR count). The van der Waals surface area contributed by atoms with Crippen molar-refractivity contribution in [2.45, 2.75) is 31.1 Å². The van der Waals surface area contributed by atoms with Gasteiger partial charge < -0.3 is 4.74 Å². The van der Waals surface area contributed by atoms with E-state index in [1.165, 1.54) is 4.31 Å². The Morgan fingerprint density at radius 1 is 1.07 bits per heavy atom. The first-order valence-corrected chi connectivity index (χ1v) is 10.8. The summed E-state index contributed by atoms with van der Waals surface area (Å²) < 4.78 is 32.9. The van der Waals surface area contributed by atoms with Crippen LogP contribution in [-0.4, -0.2) is 38.2 Å². The van der Waals surface area contributed by atoms with Gasteiger partial charge in [-0.05, 0) is 43.5 Å². The Kier molecular flexibility index (Phi) is 4.78. The SMILES string of the molecule is Cc1ccc(C(=O)C2CCN(S(=O)(=O)c3ccc4c(c3)CCO4)CC2)cc1. The fourth-order valence-electron chi connectivity index (χ4n) is 3.78. The van der Waals surface area contributed by atoms with Gasteiger partial charge in [0.15, 0.2) is 5.78 Å². The number of ether oxygens (including phenoxy) is 1. The maximum atomic E-state index is 13.0. The molecule has 6 heteroatoms. The number of hydrogen-bond donors (Lipinski definition) is 0. The Balaban J connectivity index is 1.45. The van der Waals surface area contributed by atoms with E-state index < -0.39 is 10.0 Å². The molecule has 142 valence electrons. The molecule has 0 unspecified atom stereocenters. The van der Waals surface area contributed by atoms with Crippen molar-refractivity contribution < 1.29 is 17.9 Å². The number of nitrogens with zero attached hydrogens (tertiary/aromatic N) is 1. The number of fused-ring (bicyclic) bond motifs is 1. The molecule has 2 heterocycles. The molecule has 0 amide bonds. The molecule has 2 aliphatic rings. The second-order valence-electron chi connectivity index (χ2n) is 7.28. The quantitative estimate of drug-likeness (QED) is 0.758. The molecule has 1 saturated heterocycles. The third-order valence-electron chi connectivity index (χ3n) is 5.46. The minimum Gasteiger partial charge on any atom is -0.493 e. The number of hydrogen-bond acceptors (Lipinski definition) is 4. The molecule has 1 fully saturated rings. The monoisotopic (exact) mass is 385 g/mol. The number of benzene rings is 2. The van der Waals surface area contributed by atoms with Crippen molar-refractivity contribution in [3.8, 4) is 5.75 Å². The highest BCUT2D eigenvalue weighted by atomic mass is 32.2. The van der Waals surface area contributed by atoms with E-state index in [9.17, 15) is 13.2 Å². The summed E-state index contributed by atoms with van der Waals surface area (Å²) in [6.45, 7) is 3.34. The molecule has 0 aliphatic carbocycles. The fourth-order valence-corrected chi connectivity index (χ4v) is 5.31. The Hall–Kier alpha value is -2.18. The summed E-state index contributed by atoms with van der Waals surface area (Å²) in [4.78, 5) is 13.0. The first kappa shape index (κ1) is 18.2. The van der Waals surface area contributed by atoms with E-state index in [1.54, 1.807) is 18.2 Å². The van der Waals surface area contributed by atoms with Crippen LogP contribution in [-0.2, 0) is 16.4 Å². The lowest BCUT2D eigenvalue weighted by molar-refractivity contribution is 0.0875. The summed E-state index contributed by atoms with van der Waals surface area (Å²) in [5, 5.41) is 0. The lowest BCUT2D eigenvalue weighted by Crippen LogP contribution is -2.40. The van der Waals surface area contributed by atoms with Crippen molar-refractivity contribution in [3.63, 3.8) is 0 Å². The third-order valence-corrected chi connectivity index (χ3v) is 7.35. The van der Waals surface area contributed by atoms with Crippen LogP contribution in [0.3, 0.4) is 0 Å². The normalized spacial score (nSPS) is 18.1. The summed E-state index contributed by atoms with van der Waals surface area (Å²) in [5.74, 6) is 0.769. The summed E-state index contributed by atoms with van der Waals surface area (Å²) in [7, 11) is -3.54. The number of sulfonamides is 1. The van der Waals surface area contributed by atoms with Crippen molar-refractivity contribution in [1.29, 1.82) is 0 Å². The minimum absolute atomic E-state index is 0.113. The Morgan fingerprint density at radius 2 is 1.78 bits per heavy atom. The summed E-state index contributed by atoms with van der Waals surface area (Å²) in [6.07, 6.45) is 1.85. The molecule has 27 heavy (non-hydrogen) atoms. The molecule has 0 aromatic heterocycles. The molecule has 0 radical (unpaired) electrons. The minimum atomic E-state index is -3.54. The maximum absolute atomic E-state index is 13.0. The van der Waals surface area contributed by atoms with Gasteiger partial charge in [0.1, 0.15) is 5.75 Å². The zero-order valence-electron chi connectivity index (χ0n) is 15.3. The highest BCUT2D eigenvalue weighted by molar-refractivity contribution is 7.89. The summed E-state index contributed by atoms with van der Waals surface area (Å²) >= 11 is 0. The highest BCUT2D eigenvalue weighted by Crippen LogP contribution is 2.31. The van der Waals surface area contributed by atoms with Crippen LogP contribution in [0.4, 0.5) is 0 Å². The van der Waals surface area contributed by atoms with Crippen LogP contribution >= 0.6 is 0 Å². The van der Waals surface area contributed by atoms with Crippen molar-refractivity contribution in [3.05, 3.63) is 59.2 Å². The van der Waals surface area contributed by atoms with Gasteiger partial charge in [0.05, 0.1) is 11.5 Å². The maximum Gasteiger partial charge on any atom is 0.243 e. The van der Waals surface area contributed by atoms with E-state index in [0.29, 0.717) is 43.0 Å². The number of carbonyl (C=O) groups is 1. The van der Waals surface area contributed by atoms with E-state index in [2.05, 4.69) is 0 Å². The van der Waals surface area contributed by atoms with Crippen molar-refractivity contribution in [2.75, 3.05) is 19.7 Å². The van der Waals surface area contributed by atoms with Crippen molar-refractivity contribution in [2.24, 2.45) is 5.92 Å². The molecule has 2 aliphatic heterocycles. The molecule has 0 bridgehead atoms. The highest BCUT2D eigenvalue weighted by Gasteiger charge is 2.33. The zero-order chi connectivity index (χ0) is 19.0. The predicted molar refractivity (Wildman–Crippen MR) is 103 cm³/mol. The average Bonchev–Trinajstić information content (AvgIpc) is 3.16. The standard InChI is InChI=1S/C21H23NO4S/c1-15-2-4-16(5-3-15)21(23)17-8-11-22(12-9-17)27(24,25)19-6-7-20-18(14-19)10-13-26-20/h2-7,14,17H,8-13H2,1H3. The largest absolute Gasteiger partial charge is 0.493 e. The van der Waals surface area contributed by atoms with Gasteiger partial charge in [0.2, 0.25) is 10.0 Å². The molecular weight excluding hydrogens is 362 g/mol. The zero-order valence-corrected chi connectivity index (χ0v) is 16.2. The predicted octanol–water partition coefficient (Wildman–Crippen LogP) is 3.21. The van der Waals surface area contributed by atoms with E-state index in [0.717, 1.165) is 23.3 Å². The third kappa shape index (κ3) is 3.51. The smallest absolute Gasteiger partial charge is 0.243 e. The van der Waals surface area contributed by atoms with E-state index in [1.807, 2.05) is 31.2 Å². The second-order valence-corrected chi connectivity index (χ2v) is 9.21. The lowest BCUT2D eigenvalue weighted by atomic mass is 9.89. The molecule has 0 spiro atoms. The van der Waals surface area contributed by atoms with E-state index in [-0.39, 0.29) is 11.7 Å². The van der Waals surface area contributed by atoms with Crippen LogP contribution in [0.15, 0.2) is 47.4 Å². The van der Waals surface area contributed by atoms with Crippen LogP contribution in [0.1, 0.15) is 34.3 Å². The van der Waals surface area contributed by atoms with Gasteiger partial charge in [0.25, 0.3) is 0 Å². The molecule has 5 nitrogen and oxygen atoms in total. The fraction of sp³-hybridized carbons (Fsp3) is 0.381. The number of aryl methyl sites for hydroxylation is 1. The van der Waals surface area contributed by atoms with Gasteiger partial charge in [-0.1, -0.05) is 29.8 Å². The summed E-state index contributed by atoms with van der Waals surface area (Å²) in [5.41, 5.74) is 2.77. The number of rotatable bonds is 4. The lowest BCUT2D eigenvalue weighted by Gasteiger charge is -2.30. The number of Topliss-reactive ketones (excluding diaryl/α,β-unsaturated/α-hetero) is 1. The van der Waals surface area contributed by atoms with Gasteiger partial charge >= 0.3 is 0 Å². The average molecular weight is 385 g/mol. The molecule has 0 saturated carbocycles. The topological polar surface area (TPSA) is 63.7 Å². The van der Waals surface area contributed by atoms with Crippen LogP contribution < -0.4 is 4.74 Å². The van der Waals surface area contributed by atoms with Gasteiger partial charge in [-0.3, -0.25) is 4.79 Å². The van der Waals surface area contributed by atoms with Gasteiger partial charge in [0, 0.05) is 31.0 Å². The molecule has 0 N–H and O–H groups in total.